The molecular formula is C19H16ClFN6. The molecule has 4 aromatic rings. The monoisotopic (exact) mass is 382 g/mol. The molecule has 0 fully saturated rings. The van der Waals surface area contributed by atoms with Gasteiger partial charge in [-0.2, -0.15) is 10.1 Å². The van der Waals surface area contributed by atoms with Crippen molar-refractivity contribution in [2.75, 3.05) is 5.43 Å². The summed E-state index contributed by atoms with van der Waals surface area (Å²) in [6.07, 6.45) is 2.26. The van der Waals surface area contributed by atoms with Crippen molar-refractivity contribution in [1.82, 2.24) is 19.7 Å². The number of hydrazone groups is 1. The Kier molecular flexibility index (Phi) is 4.68. The number of aryl methyl sites for hydroxylation is 1. The molecule has 0 radical (unpaired) electrons. The van der Waals surface area contributed by atoms with Crippen molar-refractivity contribution in [2.45, 2.75) is 19.9 Å². The molecule has 0 spiro atoms. The molecule has 27 heavy (non-hydrogen) atoms. The van der Waals surface area contributed by atoms with Crippen LogP contribution in [-0.4, -0.2) is 26.0 Å². The fourth-order valence-corrected chi connectivity index (χ4v) is 3.20. The summed E-state index contributed by atoms with van der Waals surface area (Å²) in [5, 5.41) is 13.7. The Hall–Kier alpha value is -3.06. The van der Waals surface area contributed by atoms with Gasteiger partial charge in [-0.05, 0) is 24.6 Å². The number of rotatable bonds is 5. The Balaban J connectivity index is 1.70. The van der Waals surface area contributed by atoms with E-state index in [1.165, 1.54) is 18.3 Å². The van der Waals surface area contributed by atoms with Crippen molar-refractivity contribution in [1.29, 1.82) is 0 Å². The predicted molar refractivity (Wildman–Crippen MR) is 106 cm³/mol. The van der Waals surface area contributed by atoms with Crippen molar-refractivity contribution in [3.8, 4) is 0 Å². The molecule has 0 bridgehead atoms. The molecule has 6 nitrogen and oxygen atoms in total. The highest BCUT2D eigenvalue weighted by Crippen LogP contribution is 2.26. The normalized spacial score (nSPS) is 11.7. The van der Waals surface area contributed by atoms with Crippen molar-refractivity contribution in [2.24, 2.45) is 5.10 Å². The maximum Gasteiger partial charge on any atom is 0.265 e. The highest BCUT2D eigenvalue weighted by atomic mass is 35.5. The lowest BCUT2D eigenvalue weighted by atomic mass is 10.2. The molecule has 2 heterocycles. The number of hydrogen-bond donors (Lipinski definition) is 1. The van der Waals surface area contributed by atoms with Crippen LogP contribution in [0.5, 0.6) is 0 Å². The molecule has 0 unspecified atom stereocenters. The van der Waals surface area contributed by atoms with Crippen molar-refractivity contribution in [3.05, 3.63) is 58.9 Å². The first-order valence-electron chi connectivity index (χ1n) is 8.53. The molecule has 2 aromatic heterocycles. The van der Waals surface area contributed by atoms with E-state index in [9.17, 15) is 4.39 Å². The van der Waals surface area contributed by atoms with Gasteiger partial charge in [0.05, 0.1) is 16.8 Å². The molecule has 136 valence electrons. The van der Waals surface area contributed by atoms with Gasteiger partial charge in [-0.25, -0.2) is 9.82 Å². The second-order valence-electron chi connectivity index (χ2n) is 5.98. The number of anilines is 1. The predicted octanol–water partition coefficient (Wildman–Crippen LogP) is 4.63. The van der Waals surface area contributed by atoms with Crippen LogP contribution in [-0.2, 0) is 6.54 Å². The van der Waals surface area contributed by atoms with Crippen LogP contribution in [0.4, 0.5) is 10.3 Å². The van der Waals surface area contributed by atoms with Gasteiger partial charge < -0.3 is 4.57 Å². The summed E-state index contributed by atoms with van der Waals surface area (Å²) in [5.41, 5.74) is 5.43. The molecular weight excluding hydrogens is 367 g/mol. The SMILES string of the molecule is CCCn1c2ccccc2c2nnc(N/N=C/c3c(F)cccc3Cl)nc21. The fourth-order valence-electron chi connectivity index (χ4n) is 2.99. The van der Waals surface area contributed by atoms with Crippen LogP contribution in [0, 0.1) is 5.82 Å². The minimum atomic E-state index is -0.453. The Morgan fingerprint density at radius 2 is 2.04 bits per heavy atom. The molecule has 0 atom stereocenters. The van der Waals surface area contributed by atoms with E-state index in [2.05, 4.69) is 37.2 Å². The van der Waals surface area contributed by atoms with Gasteiger partial charge in [-0.1, -0.05) is 42.8 Å². The second-order valence-corrected chi connectivity index (χ2v) is 6.39. The zero-order valence-corrected chi connectivity index (χ0v) is 15.3. The third-order valence-electron chi connectivity index (χ3n) is 4.18. The topological polar surface area (TPSA) is 68.0 Å². The average molecular weight is 383 g/mol. The van der Waals surface area contributed by atoms with Crippen LogP contribution in [0.25, 0.3) is 22.1 Å². The van der Waals surface area contributed by atoms with Gasteiger partial charge in [-0.15, -0.1) is 10.2 Å². The minimum absolute atomic E-state index is 0.195. The van der Waals surface area contributed by atoms with E-state index in [-0.39, 0.29) is 16.5 Å². The van der Waals surface area contributed by atoms with Gasteiger partial charge in [0.25, 0.3) is 5.95 Å². The number of fused-ring (bicyclic) bond motifs is 3. The Labute approximate surface area is 159 Å². The zero-order valence-electron chi connectivity index (χ0n) is 14.5. The van der Waals surface area contributed by atoms with Gasteiger partial charge in [0.2, 0.25) is 0 Å². The van der Waals surface area contributed by atoms with E-state index in [4.69, 9.17) is 11.6 Å². The summed E-state index contributed by atoms with van der Waals surface area (Å²) in [4.78, 5) is 4.54. The number of halogens is 2. The maximum atomic E-state index is 13.8. The van der Waals surface area contributed by atoms with Gasteiger partial charge in [-0.3, -0.25) is 0 Å². The Morgan fingerprint density at radius 3 is 2.85 bits per heavy atom. The number of nitrogens with one attached hydrogen (secondary N) is 1. The first-order valence-corrected chi connectivity index (χ1v) is 8.91. The molecule has 1 N–H and O–H groups in total. The molecule has 0 saturated carbocycles. The molecule has 0 aliphatic carbocycles. The summed E-state index contributed by atoms with van der Waals surface area (Å²) in [6, 6.07) is 12.5. The fraction of sp³-hybridized carbons (Fsp3) is 0.158. The summed E-state index contributed by atoms with van der Waals surface area (Å²) in [7, 11) is 0. The summed E-state index contributed by atoms with van der Waals surface area (Å²) < 4.78 is 15.9. The lowest BCUT2D eigenvalue weighted by Gasteiger charge is -2.04. The number of aromatic nitrogens is 4. The van der Waals surface area contributed by atoms with Crippen LogP contribution >= 0.6 is 11.6 Å². The van der Waals surface area contributed by atoms with Crippen LogP contribution in [0.2, 0.25) is 5.02 Å². The third kappa shape index (κ3) is 3.21. The second kappa shape index (κ2) is 7.28. The summed E-state index contributed by atoms with van der Waals surface area (Å²) in [6.45, 7) is 2.92. The summed E-state index contributed by atoms with van der Waals surface area (Å²) >= 11 is 5.98. The van der Waals surface area contributed by atoms with Crippen LogP contribution in [0.3, 0.4) is 0 Å². The van der Waals surface area contributed by atoms with Gasteiger partial charge in [0, 0.05) is 17.5 Å². The van der Waals surface area contributed by atoms with Crippen LogP contribution in [0.1, 0.15) is 18.9 Å². The van der Waals surface area contributed by atoms with E-state index in [1.807, 2.05) is 24.3 Å². The number of nitrogens with zero attached hydrogens (tertiary/aromatic N) is 5. The van der Waals surface area contributed by atoms with Crippen LogP contribution < -0.4 is 5.43 Å². The van der Waals surface area contributed by atoms with E-state index in [0.29, 0.717) is 0 Å². The minimum Gasteiger partial charge on any atom is -0.324 e. The Morgan fingerprint density at radius 1 is 1.19 bits per heavy atom. The molecule has 8 heteroatoms. The smallest absolute Gasteiger partial charge is 0.265 e. The first kappa shape index (κ1) is 17.4. The molecule has 0 saturated heterocycles. The van der Waals surface area contributed by atoms with Crippen molar-refractivity contribution >= 4 is 45.8 Å². The Bertz CT molecular complexity index is 1130. The highest BCUT2D eigenvalue weighted by Gasteiger charge is 2.13. The molecule has 4 rings (SSSR count). The number of hydrogen-bond acceptors (Lipinski definition) is 5. The molecule has 0 aliphatic rings. The summed E-state index contributed by atoms with van der Waals surface area (Å²) in [5.74, 6) is -0.225. The standard InChI is InChI=1S/C19H16ClFN6/c1-2-10-27-16-9-4-3-6-12(16)17-18(27)23-19(26-24-17)25-22-11-13-14(20)7-5-8-15(13)21/h3-9,11H,2,10H2,1H3,(H,23,25,26)/b22-11+. The van der Waals surface area contributed by atoms with Gasteiger partial charge in [0.1, 0.15) is 11.3 Å². The maximum absolute atomic E-state index is 13.8. The lowest BCUT2D eigenvalue weighted by Crippen LogP contribution is -2.03. The first-order chi connectivity index (χ1) is 13.2. The molecule has 0 aliphatic heterocycles. The van der Waals surface area contributed by atoms with Crippen LogP contribution in [0.15, 0.2) is 47.6 Å². The highest BCUT2D eigenvalue weighted by molar-refractivity contribution is 6.33. The number of benzene rings is 2. The molecule has 0 amide bonds. The quantitative estimate of drug-likeness (QED) is 0.403. The number of para-hydroxylation sites is 1. The van der Waals surface area contributed by atoms with Gasteiger partial charge in [0.15, 0.2) is 5.65 Å². The van der Waals surface area contributed by atoms with E-state index < -0.39 is 5.82 Å². The largest absolute Gasteiger partial charge is 0.324 e. The van der Waals surface area contributed by atoms with E-state index in [1.54, 1.807) is 6.07 Å². The van der Waals surface area contributed by atoms with Crippen molar-refractivity contribution in [3.63, 3.8) is 0 Å². The van der Waals surface area contributed by atoms with Crippen molar-refractivity contribution < 1.29 is 4.39 Å². The third-order valence-corrected chi connectivity index (χ3v) is 4.51. The molecule has 2 aromatic carbocycles. The van der Waals surface area contributed by atoms with Gasteiger partial charge >= 0.3 is 0 Å². The zero-order chi connectivity index (χ0) is 18.8. The average Bonchev–Trinajstić information content (AvgIpc) is 2.98. The van der Waals surface area contributed by atoms with E-state index in [0.717, 1.165) is 35.0 Å². The van der Waals surface area contributed by atoms with E-state index >= 15 is 0 Å². The lowest BCUT2D eigenvalue weighted by molar-refractivity contribution is 0.626.